The lowest BCUT2D eigenvalue weighted by molar-refractivity contribution is -0.117. The Bertz CT molecular complexity index is 695. The summed E-state index contributed by atoms with van der Waals surface area (Å²) in [5.74, 6) is -0.434. The zero-order chi connectivity index (χ0) is 16.9. The maximum atomic E-state index is 12.9. The fourth-order valence-corrected chi connectivity index (χ4v) is 3.40. The number of amides is 1. The number of hydrogen-bond acceptors (Lipinski definition) is 5. The zero-order valence-electron chi connectivity index (χ0n) is 13.1. The van der Waals surface area contributed by atoms with Crippen molar-refractivity contribution < 1.29 is 14.0 Å². The molecule has 1 amide bonds. The van der Waals surface area contributed by atoms with E-state index in [0.717, 1.165) is 0 Å². The second-order valence-corrected chi connectivity index (χ2v) is 6.70. The van der Waals surface area contributed by atoms with Crippen molar-refractivity contribution in [1.82, 2.24) is 9.88 Å². The number of nitrogens with one attached hydrogen (secondary N) is 1. The summed E-state index contributed by atoms with van der Waals surface area (Å²) in [4.78, 5) is 30.4. The molecule has 2 aromatic rings. The van der Waals surface area contributed by atoms with Crippen molar-refractivity contribution in [2.75, 3.05) is 25.0 Å². The molecule has 0 bridgehead atoms. The maximum absolute atomic E-state index is 12.9. The van der Waals surface area contributed by atoms with E-state index in [-0.39, 0.29) is 23.4 Å². The van der Waals surface area contributed by atoms with Crippen LogP contribution in [0.15, 0.2) is 35.8 Å². The first-order valence-electron chi connectivity index (χ1n) is 7.83. The van der Waals surface area contributed by atoms with Crippen LogP contribution in [0, 0.1) is 11.7 Å². The van der Waals surface area contributed by atoms with E-state index in [1.165, 1.54) is 35.6 Å². The molecule has 0 radical (unpaired) electrons. The van der Waals surface area contributed by atoms with Crippen LogP contribution in [0.25, 0.3) is 0 Å². The Kier molecular flexibility index (Phi) is 5.32. The van der Waals surface area contributed by atoms with Crippen LogP contribution >= 0.6 is 11.3 Å². The number of benzene rings is 1. The van der Waals surface area contributed by atoms with E-state index in [0.29, 0.717) is 43.2 Å². The smallest absolute Gasteiger partial charge is 0.240 e. The van der Waals surface area contributed by atoms with Crippen molar-refractivity contribution in [3.05, 3.63) is 47.2 Å². The number of rotatable bonds is 5. The van der Waals surface area contributed by atoms with Crippen molar-refractivity contribution >= 4 is 28.2 Å². The van der Waals surface area contributed by atoms with Gasteiger partial charge in [0.1, 0.15) is 5.82 Å². The largest absolute Gasteiger partial charge is 0.301 e. The summed E-state index contributed by atoms with van der Waals surface area (Å²) in [7, 11) is 0. The van der Waals surface area contributed by atoms with E-state index in [2.05, 4.69) is 10.3 Å². The van der Waals surface area contributed by atoms with E-state index >= 15 is 0 Å². The van der Waals surface area contributed by atoms with Crippen LogP contribution in [-0.2, 0) is 4.79 Å². The standard InChI is InChI=1S/C17H18FN3O2S/c18-14-3-1-12(2-4-14)16(23)13-5-8-21(9-6-13)11-15(22)20-17-19-7-10-24-17/h1-4,7,10,13H,5-6,8-9,11H2,(H,19,20,22). The summed E-state index contributed by atoms with van der Waals surface area (Å²) < 4.78 is 12.9. The van der Waals surface area contributed by atoms with E-state index in [1.54, 1.807) is 6.20 Å². The molecule has 0 atom stereocenters. The third kappa shape index (κ3) is 4.24. The molecule has 1 fully saturated rings. The van der Waals surface area contributed by atoms with E-state index in [9.17, 15) is 14.0 Å². The lowest BCUT2D eigenvalue weighted by Gasteiger charge is -2.30. The topological polar surface area (TPSA) is 62.3 Å². The number of carbonyl (C=O) groups excluding carboxylic acids is 2. The molecule has 0 aliphatic carbocycles. The lowest BCUT2D eigenvalue weighted by Crippen LogP contribution is -2.40. The highest BCUT2D eigenvalue weighted by Crippen LogP contribution is 2.22. The molecular weight excluding hydrogens is 329 g/mol. The minimum Gasteiger partial charge on any atom is -0.301 e. The summed E-state index contributed by atoms with van der Waals surface area (Å²) in [5.41, 5.74) is 0.552. The van der Waals surface area contributed by atoms with Crippen LogP contribution in [0.1, 0.15) is 23.2 Å². The highest BCUT2D eigenvalue weighted by molar-refractivity contribution is 7.13. The van der Waals surface area contributed by atoms with Gasteiger partial charge in [-0.2, -0.15) is 0 Å². The summed E-state index contributed by atoms with van der Waals surface area (Å²) >= 11 is 1.38. The summed E-state index contributed by atoms with van der Waals surface area (Å²) in [6, 6.07) is 5.69. The lowest BCUT2D eigenvalue weighted by atomic mass is 9.89. The quantitative estimate of drug-likeness (QED) is 0.845. The summed E-state index contributed by atoms with van der Waals surface area (Å²) in [6.45, 7) is 1.70. The van der Waals surface area contributed by atoms with Gasteiger partial charge in [0.25, 0.3) is 0 Å². The maximum Gasteiger partial charge on any atom is 0.240 e. The Morgan fingerprint density at radius 3 is 2.58 bits per heavy atom. The molecule has 5 nitrogen and oxygen atoms in total. The van der Waals surface area contributed by atoms with E-state index < -0.39 is 0 Å². The number of Topliss-reactive ketones (excluding diaryl/α,β-unsaturated/α-hetero) is 1. The second-order valence-electron chi connectivity index (χ2n) is 5.81. The number of hydrogen-bond donors (Lipinski definition) is 1. The minimum absolute atomic E-state index is 0.0573. The van der Waals surface area contributed by atoms with Gasteiger partial charge in [0.05, 0.1) is 6.54 Å². The molecule has 7 heteroatoms. The molecule has 0 spiro atoms. The number of nitrogens with zero attached hydrogens (tertiary/aromatic N) is 2. The van der Waals surface area contributed by atoms with Crippen LogP contribution in [-0.4, -0.2) is 41.2 Å². The number of aromatic nitrogens is 1. The second kappa shape index (κ2) is 7.63. The van der Waals surface area contributed by atoms with Crippen molar-refractivity contribution in [3.8, 4) is 0 Å². The Balaban J connectivity index is 1.47. The first-order chi connectivity index (χ1) is 11.6. The van der Waals surface area contributed by atoms with Crippen LogP contribution in [0.4, 0.5) is 9.52 Å². The molecular formula is C17H18FN3O2S. The van der Waals surface area contributed by atoms with Crippen LogP contribution in [0.5, 0.6) is 0 Å². The molecule has 0 saturated carbocycles. The van der Waals surface area contributed by atoms with Crippen molar-refractivity contribution in [3.63, 3.8) is 0 Å². The van der Waals surface area contributed by atoms with Crippen molar-refractivity contribution in [2.24, 2.45) is 5.92 Å². The van der Waals surface area contributed by atoms with Gasteiger partial charge in [-0.3, -0.25) is 14.5 Å². The number of piperidine rings is 1. The predicted molar refractivity (Wildman–Crippen MR) is 90.6 cm³/mol. The highest BCUT2D eigenvalue weighted by atomic mass is 32.1. The Morgan fingerprint density at radius 2 is 1.96 bits per heavy atom. The van der Waals surface area contributed by atoms with Gasteiger partial charge >= 0.3 is 0 Å². The Hall–Kier alpha value is -2.12. The fraction of sp³-hybridized carbons (Fsp3) is 0.353. The first-order valence-corrected chi connectivity index (χ1v) is 8.71. The van der Waals surface area contributed by atoms with Crippen molar-refractivity contribution in [2.45, 2.75) is 12.8 Å². The highest BCUT2D eigenvalue weighted by Gasteiger charge is 2.26. The first kappa shape index (κ1) is 16.7. The Morgan fingerprint density at radius 1 is 1.25 bits per heavy atom. The molecule has 0 unspecified atom stereocenters. The Labute approximate surface area is 143 Å². The molecule has 1 aromatic heterocycles. The minimum atomic E-state index is -0.340. The van der Waals surface area contributed by atoms with Gasteiger partial charge in [-0.05, 0) is 50.2 Å². The average Bonchev–Trinajstić information content (AvgIpc) is 3.08. The number of carbonyl (C=O) groups is 2. The fourth-order valence-electron chi connectivity index (χ4n) is 2.85. The van der Waals surface area contributed by atoms with Gasteiger partial charge in [0.15, 0.2) is 10.9 Å². The van der Waals surface area contributed by atoms with E-state index in [1.807, 2.05) is 10.3 Å². The van der Waals surface area contributed by atoms with Gasteiger partial charge in [0.2, 0.25) is 5.91 Å². The molecule has 1 aliphatic heterocycles. The van der Waals surface area contributed by atoms with Gasteiger partial charge in [0, 0.05) is 23.1 Å². The summed E-state index contributed by atoms with van der Waals surface area (Å²) in [6.07, 6.45) is 3.06. The number of halogens is 1. The number of thiazole rings is 1. The average molecular weight is 347 g/mol. The number of likely N-dealkylation sites (tertiary alicyclic amines) is 1. The zero-order valence-corrected chi connectivity index (χ0v) is 13.9. The molecule has 2 heterocycles. The molecule has 126 valence electrons. The van der Waals surface area contributed by atoms with Gasteiger partial charge < -0.3 is 5.32 Å². The normalized spacial score (nSPS) is 16.0. The van der Waals surface area contributed by atoms with Crippen molar-refractivity contribution in [1.29, 1.82) is 0 Å². The van der Waals surface area contributed by atoms with Crippen LogP contribution in [0.3, 0.4) is 0 Å². The number of anilines is 1. The van der Waals surface area contributed by atoms with Crippen LogP contribution < -0.4 is 5.32 Å². The third-order valence-corrected chi connectivity index (χ3v) is 4.82. The van der Waals surface area contributed by atoms with Gasteiger partial charge in [-0.25, -0.2) is 9.37 Å². The van der Waals surface area contributed by atoms with Gasteiger partial charge in [-0.1, -0.05) is 0 Å². The molecule has 1 saturated heterocycles. The monoisotopic (exact) mass is 347 g/mol. The molecule has 3 rings (SSSR count). The van der Waals surface area contributed by atoms with E-state index in [4.69, 9.17) is 0 Å². The van der Waals surface area contributed by atoms with Crippen LogP contribution in [0.2, 0.25) is 0 Å². The van der Waals surface area contributed by atoms with Gasteiger partial charge in [-0.15, -0.1) is 11.3 Å². The molecule has 1 aliphatic rings. The molecule has 1 aromatic carbocycles. The molecule has 1 N–H and O–H groups in total. The summed E-state index contributed by atoms with van der Waals surface area (Å²) in [5, 5.41) is 5.16. The SMILES string of the molecule is O=C(CN1CCC(C(=O)c2ccc(F)cc2)CC1)Nc1nccs1. The third-order valence-electron chi connectivity index (χ3n) is 4.13. The predicted octanol–water partition coefficient (Wildman–Crippen LogP) is 2.82. The molecule has 24 heavy (non-hydrogen) atoms. The number of ketones is 1.